The summed E-state index contributed by atoms with van der Waals surface area (Å²) in [5, 5.41) is 0.578. The van der Waals surface area contributed by atoms with Crippen LogP contribution in [-0.4, -0.2) is 56.0 Å². The fourth-order valence-corrected chi connectivity index (χ4v) is 4.68. The first kappa shape index (κ1) is 27.0. The molecule has 0 saturated carbocycles. The van der Waals surface area contributed by atoms with Crippen molar-refractivity contribution >= 4 is 35.0 Å². The zero-order valence-electron chi connectivity index (χ0n) is 21.5. The minimum Gasteiger partial charge on any atom is -0.494 e. The molecule has 8 nitrogen and oxygen atoms in total. The number of anilines is 1. The van der Waals surface area contributed by atoms with Crippen molar-refractivity contribution in [2.75, 3.05) is 32.3 Å². The number of carbonyl (C=O) groups excluding carboxylic acids is 3. The minimum atomic E-state index is -0.964. The van der Waals surface area contributed by atoms with E-state index in [1.165, 1.54) is 19.1 Å². The number of nitrogens with zero attached hydrogens (tertiary/aromatic N) is 2. The minimum absolute atomic E-state index is 0.124. The molecule has 4 rings (SSSR count). The van der Waals surface area contributed by atoms with E-state index in [-0.39, 0.29) is 18.9 Å². The van der Waals surface area contributed by atoms with Gasteiger partial charge in [0.15, 0.2) is 11.5 Å². The Hall–Kier alpha value is -4.04. The topological polar surface area (TPSA) is 85.4 Å². The van der Waals surface area contributed by atoms with Crippen molar-refractivity contribution in [3.63, 3.8) is 0 Å². The maximum atomic E-state index is 13.8. The van der Waals surface area contributed by atoms with Gasteiger partial charge in [0.2, 0.25) is 5.91 Å². The van der Waals surface area contributed by atoms with Crippen molar-refractivity contribution in [3.05, 3.63) is 82.9 Å². The monoisotopic (exact) mass is 536 g/mol. The van der Waals surface area contributed by atoms with Crippen LogP contribution in [0.3, 0.4) is 0 Å². The number of hydrogen-bond donors (Lipinski definition) is 0. The van der Waals surface area contributed by atoms with E-state index < -0.39 is 17.9 Å². The normalized spacial score (nSPS) is 14.9. The number of hydrogen-bond acceptors (Lipinski definition) is 6. The van der Waals surface area contributed by atoms with E-state index in [2.05, 4.69) is 0 Å². The van der Waals surface area contributed by atoms with Gasteiger partial charge in [-0.3, -0.25) is 14.4 Å². The van der Waals surface area contributed by atoms with Crippen LogP contribution in [-0.2, 0) is 16.0 Å². The Labute approximate surface area is 226 Å². The number of benzene rings is 3. The molecule has 9 heteroatoms. The lowest BCUT2D eigenvalue weighted by Crippen LogP contribution is -2.46. The van der Waals surface area contributed by atoms with E-state index in [1.54, 1.807) is 48.5 Å². The summed E-state index contributed by atoms with van der Waals surface area (Å²) in [5.74, 6) is 0.267. The van der Waals surface area contributed by atoms with Gasteiger partial charge in [-0.2, -0.15) is 0 Å². The third-order valence-corrected chi connectivity index (χ3v) is 6.56. The number of methoxy groups -OCH3 is 2. The van der Waals surface area contributed by atoms with Crippen molar-refractivity contribution in [2.24, 2.45) is 0 Å². The standard InChI is InChI=1S/C29H29ClN2O6/c1-4-38-23-11-9-22(10-12-23)32-27(33)18-24(29(32)35)31(15-14-19-6-5-7-21(30)16-19)28(34)20-8-13-25(36-2)26(17-20)37-3/h5-13,16-17,24H,4,14-15,18H2,1-3H3. The molecule has 0 aliphatic carbocycles. The summed E-state index contributed by atoms with van der Waals surface area (Å²) in [6.07, 6.45) is 0.321. The molecule has 0 aromatic heterocycles. The fourth-order valence-electron chi connectivity index (χ4n) is 4.46. The Morgan fingerprint density at radius 3 is 2.39 bits per heavy atom. The van der Waals surface area contributed by atoms with Crippen molar-refractivity contribution in [2.45, 2.75) is 25.8 Å². The van der Waals surface area contributed by atoms with Crippen LogP contribution in [0.5, 0.6) is 17.2 Å². The molecule has 1 fully saturated rings. The predicted octanol–water partition coefficient (Wildman–Crippen LogP) is 4.77. The quantitative estimate of drug-likeness (QED) is 0.347. The average Bonchev–Trinajstić information content (AvgIpc) is 3.22. The number of imide groups is 1. The molecule has 1 unspecified atom stereocenters. The first-order valence-corrected chi connectivity index (χ1v) is 12.6. The highest BCUT2D eigenvalue weighted by molar-refractivity contribution is 6.30. The fraction of sp³-hybridized carbons (Fsp3) is 0.276. The number of halogens is 1. The summed E-state index contributed by atoms with van der Waals surface area (Å²) < 4.78 is 16.1. The van der Waals surface area contributed by atoms with E-state index >= 15 is 0 Å². The van der Waals surface area contributed by atoms with Gasteiger partial charge in [0.25, 0.3) is 11.8 Å². The Kier molecular flexibility index (Phi) is 8.53. The molecule has 1 saturated heterocycles. The summed E-state index contributed by atoms with van der Waals surface area (Å²) in [6, 6.07) is 17.9. The highest BCUT2D eigenvalue weighted by Gasteiger charge is 2.44. The zero-order valence-corrected chi connectivity index (χ0v) is 22.2. The van der Waals surface area contributed by atoms with Gasteiger partial charge in [0.05, 0.1) is 32.9 Å². The van der Waals surface area contributed by atoms with Gasteiger partial charge >= 0.3 is 0 Å². The summed E-state index contributed by atoms with van der Waals surface area (Å²) >= 11 is 6.15. The van der Waals surface area contributed by atoms with Crippen LogP contribution >= 0.6 is 11.6 Å². The van der Waals surface area contributed by atoms with Gasteiger partial charge < -0.3 is 19.1 Å². The average molecular weight is 537 g/mol. The van der Waals surface area contributed by atoms with Crippen LogP contribution in [0.4, 0.5) is 5.69 Å². The largest absolute Gasteiger partial charge is 0.494 e. The van der Waals surface area contributed by atoms with Crippen molar-refractivity contribution < 1.29 is 28.6 Å². The number of ether oxygens (including phenoxy) is 3. The van der Waals surface area contributed by atoms with Crippen molar-refractivity contribution in [3.8, 4) is 17.2 Å². The summed E-state index contributed by atoms with van der Waals surface area (Å²) in [5.41, 5.74) is 1.65. The second kappa shape index (κ2) is 12.0. The molecule has 3 aromatic rings. The lowest BCUT2D eigenvalue weighted by molar-refractivity contribution is -0.122. The highest BCUT2D eigenvalue weighted by Crippen LogP contribution is 2.31. The van der Waals surface area contributed by atoms with Gasteiger partial charge in [-0.05, 0) is 73.5 Å². The van der Waals surface area contributed by atoms with Crippen molar-refractivity contribution in [1.29, 1.82) is 0 Å². The van der Waals surface area contributed by atoms with Gasteiger partial charge in [-0.15, -0.1) is 0 Å². The van der Waals surface area contributed by atoms with Crippen LogP contribution < -0.4 is 19.1 Å². The lowest BCUT2D eigenvalue weighted by Gasteiger charge is -2.28. The molecule has 198 valence electrons. The van der Waals surface area contributed by atoms with Crippen LogP contribution in [0.25, 0.3) is 0 Å². The van der Waals surface area contributed by atoms with E-state index in [1.807, 2.05) is 25.1 Å². The third-order valence-electron chi connectivity index (χ3n) is 6.33. The maximum Gasteiger partial charge on any atom is 0.257 e. The number of amides is 3. The molecule has 0 bridgehead atoms. The van der Waals surface area contributed by atoms with Crippen LogP contribution in [0.15, 0.2) is 66.7 Å². The molecule has 3 aromatic carbocycles. The smallest absolute Gasteiger partial charge is 0.257 e. The van der Waals surface area contributed by atoms with Crippen LogP contribution in [0.2, 0.25) is 5.02 Å². The van der Waals surface area contributed by atoms with E-state index in [0.29, 0.717) is 46.5 Å². The first-order chi connectivity index (χ1) is 18.4. The second-order valence-corrected chi connectivity index (χ2v) is 9.10. The lowest BCUT2D eigenvalue weighted by atomic mass is 10.1. The molecule has 1 heterocycles. The maximum absolute atomic E-state index is 13.8. The Balaban J connectivity index is 1.65. The van der Waals surface area contributed by atoms with E-state index in [0.717, 1.165) is 10.5 Å². The van der Waals surface area contributed by atoms with Crippen molar-refractivity contribution in [1.82, 2.24) is 4.90 Å². The number of rotatable bonds is 10. The predicted molar refractivity (Wildman–Crippen MR) is 144 cm³/mol. The molecular formula is C29H29ClN2O6. The Morgan fingerprint density at radius 1 is 1.00 bits per heavy atom. The van der Waals surface area contributed by atoms with Gasteiger partial charge in [-0.1, -0.05) is 23.7 Å². The molecule has 0 N–H and O–H groups in total. The molecule has 38 heavy (non-hydrogen) atoms. The SMILES string of the molecule is CCOc1ccc(N2C(=O)CC(N(CCc3cccc(Cl)c3)C(=O)c3ccc(OC)c(OC)c3)C2=O)cc1. The molecule has 3 amide bonds. The van der Waals surface area contributed by atoms with Crippen LogP contribution in [0.1, 0.15) is 29.3 Å². The first-order valence-electron chi connectivity index (χ1n) is 12.2. The summed E-state index contributed by atoms with van der Waals surface area (Å²) in [6.45, 7) is 2.58. The summed E-state index contributed by atoms with van der Waals surface area (Å²) in [7, 11) is 2.99. The Morgan fingerprint density at radius 2 is 1.74 bits per heavy atom. The second-order valence-electron chi connectivity index (χ2n) is 8.66. The number of carbonyl (C=O) groups is 3. The highest BCUT2D eigenvalue weighted by atomic mass is 35.5. The van der Waals surface area contributed by atoms with Crippen LogP contribution in [0, 0.1) is 0 Å². The van der Waals surface area contributed by atoms with Gasteiger partial charge in [0.1, 0.15) is 11.8 Å². The third kappa shape index (κ3) is 5.75. The van der Waals surface area contributed by atoms with E-state index in [4.69, 9.17) is 25.8 Å². The molecule has 1 aliphatic rings. The van der Waals surface area contributed by atoms with E-state index in [9.17, 15) is 14.4 Å². The molecule has 0 radical (unpaired) electrons. The summed E-state index contributed by atoms with van der Waals surface area (Å²) in [4.78, 5) is 43.1. The zero-order chi connectivity index (χ0) is 27.2. The molecule has 0 spiro atoms. The van der Waals surface area contributed by atoms with Gasteiger partial charge in [-0.25, -0.2) is 4.90 Å². The van der Waals surface area contributed by atoms with Gasteiger partial charge in [0, 0.05) is 17.1 Å². The Bertz CT molecular complexity index is 1330. The molecule has 1 aliphatic heterocycles. The molecule has 1 atom stereocenters. The molecular weight excluding hydrogens is 508 g/mol.